The fourth-order valence-corrected chi connectivity index (χ4v) is 2.59. The van der Waals surface area contributed by atoms with Gasteiger partial charge in [-0.15, -0.1) is 0 Å². The second-order valence-corrected chi connectivity index (χ2v) is 5.21. The highest BCUT2D eigenvalue weighted by molar-refractivity contribution is 5.33. The Labute approximate surface area is 110 Å². The highest BCUT2D eigenvalue weighted by atomic mass is 16.5. The Hall–Kier alpha value is -0.900. The van der Waals surface area contributed by atoms with Crippen LogP contribution < -0.4 is 5.73 Å². The number of nitrogens with two attached hydrogens (primary N) is 1. The fourth-order valence-electron chi connectivity index (χ4n) is 2.59. The molecule has 1 fully saturated rings. The summed E-state index contributed by atoms with van der Waals surface area (Å²) in [5.41, 5.74) is 10.1. The van der Waals surface area contributed by atoms with E-state index in [1.165, 1.54) is 16.7 Å². The number of ether oxygens (including phenoxy) is 1. The average molecular weight is 248 g/mol. The van der Waals surface area contributed by atoms with Crippen molar-refractivity contribution in [1.82, 2.24) is 4.90 Å². The minimum atomic E-state index is 0.433. The second kappa shape index (κ2) is 6.32. The third kappa shape index (κ3) is 3.31. The summed E-state index contributed by atoms with van der Waals surface area (Å²) in [6.07, 6.45) is 0. The van der Waals surface area contributed by atoms with Crippen LogP contribution in [0.4, 0.5) is 0 Å². The van der Waals surface area contributed by atoms with Crippen molar-refractivity contribution in [3.63, 3.8) is 0 Å². The van der Waals surface area contributed by atoms with Crippen LogP contribution in [0.25, 0.3) is 0 Å². The maximum atomic E-state index is 5.98. The number of rotatable bonds is 4. The molecule has 1 aromatic carbocycles. The molecule has 0 radical (unpaired) electrons. The molecule has 1 atom stereocenters. The normalized spacial score (nSPS) is 18.8. The lowest BCUT2D eigenvalue weighted by Gasteiger charge is -2.30. The Morgan fingerprint density at radius 1 is 1.28 bits per heavy atom. The fraction of sp³-hybridized carbons (Fsp3) is 0.600. The molecule has 2 rings (SSSR count). The molecular weight excluding hydrogens is 224 g/mol. The predicted octanol–water partition coefficient (Wildman–Crippen LogP) is 1.68. The van der Waals surface area contributed by atoms with Gasteiger partial charge in [-0.3, -0.25) is 4.90 Å². The summed E-state index contributed by atoms with van der Waals surface area (Å²) >= 11 is 0. The summed E-state index contributed by atoms with van der Waals surface area (Å²) < 4.78 is 5.39. The molecule has 1 unspecified atom stereocenters. The van der Waals surface area contributed by atoms with Crippen molar-refractivity contribution in [3.05, 3.63) is 34.9 Å². The van der Waals surface area contributed by atoms with E-state index in [2.05, 4.69) is 36.9 Å². The van der Waals surface area contributed by atoms with Crippen LogP contribution in [-0.2, 0) is 4.74 Å². The lowest BCUT2D eigenvalue weighted by molar-refractivity contribution is 0.0353. The first kappa shape index (κ1) is 13.5. The van der Waals surface area contributed by atoms with E-state index in [0.29, 0.717) is 12.5 Å². The van der Waals surface area contributed by atoms with Crippen LogP contribution in [-0.4, -0.2) is 44.3 Å². The van der Waals surface area contributed by atoms with Crippen LogP contribution in [0.15, 0.2) is 18.2 Å². The maximum absolute atomic E-state index is 5.98. The summed E-state index contributed by atoms with van der Waals surface area (Å²) in [7, 11) is 0. The van der Waals surface area contributed by atoms with Gasteiger partial charge in [0, 0.05) is 32.1 Å². The van der Waals surface area contributed by atoms with Gasteiger partial charge in [0.1, 0.15) is 0 Å². The van der Waals surface area contributed by atoms with Gasteiger partial charge in [-0.2, -0.15) is 0 Å². The van der Waals surface area contributed by atoms with Crippen molar-refractivity contribution in [1.29, 1.82) is 0 Å². The molecule has 1 saturated heterocycles. The smallest absolute Gasteiger partial charge is 0.0594 e. The number of aryl methyl sites for hydroxylation is 2. The third-order valence-corrected chi connectivity index (χ3v) is 3.74. The average Bonchev–Trinajstić information content (AvgIpc) is 2.40. The Morgan fingerprint density at radius 3 is 2.67 bits per heavy atom. The minimum Gasteiger partial charge on any atom is -0.379 e. The molecule has 1 heterocycles. The summed E-state index contributed by atoms with van der Waals surface area (Å²) in [4.78, 5) is 2.46. The van der Waals surface area contributed by atoms with Gasteiger partial charge in [-0.25, -0.2) is 0 Å². The third-order valence-electron chi connectivity index (χ3n) is 3.74. The molecular formula is C15H24N2O. The number of morpholine rings is 1. The van der Waals surface area contributed by atoms with E-state index in [0.717, 1.165) is 32.8 Å². The molecule has 0 aromatic heterocycles. The zero-order valence-electron chi connectivity index (χ0n) is 11.5. The van der Waals surface area contributed by atoms with E-state index < -0.39 is 0 Å². The zero-order chi connectivity index (χ0) is 13.0. The first-order valence-electron chi connectivity index (χ1n) is 6.78. The van der Waals surface area contributed by atoms with Crippen molar-refractivity contribution in [2.75, 3.05) is 39.4 Å². The molecule has 1 aliphatic rings. The van der Waals surface area contributed by atoms with Gasteiger partial charge in [-0.1, -0.05) is 23.8 Å². The van der Waals surface area contributed by atoms with Crippen molar-refractivity contribution in [2.24, 2.45) is 5.73 Å². The predicted molar refractivity (Wildman–Crippen MR) is 75.0 cm³/mol. The Bertz CT molecular complexity index is 386. The van der Waals surface area contributed by atoms with Crippen molar-refractivity contribution in [3.8, 4) is 0 Å². The maximum Gasteiger partial charge on any atom is 0.0594 e. The lowest BCUT2D eigenvalue weighted by atomic mass is 9.92. The van der Waals surface area contributed by atoms with Crippen LogP contribution in [0.5, 0.6) is 0 Å². The number of benzene rings is 1. The lowest BCUT2D eigenvalue weighted by Crippen LogP contribution is -2.40. The first-order chi connectivity index (χ1) is 8.70. The van der Waals surface area contributed by atoms with Gasteiger partial charge in [0.25, 0.3) is 0 Å². The highest BCUT2D eigenvalue weighted by Gasteiger charge is 2.18. The largest absolute Gasteiger partial charge is 0.379 e. The van der Waals surface area contributed by atoms with Gasteiger partial charge in [-0.05, 0) is 25.0 Å². The van der Waals surface area contributed by atoms with Crippen molar-refractivity contribution >= 4 is 0 Å². The van der Waals surface area contributed by atoms with Crippen molar-refractivity contribution < 1.29 is 4.74 Å². The van der Waals surface area contributed by atoms with Gasteiger partial charge < -0.3 is 10.5 Å². The molecule has 1 aromatic rings. The quantitative estimate of drug-likeness (QED) is 0.881. The van der Waals surface area contributed by atoms with Gasteiger partial charge in [0.2, 0.25) is 0 Å². The highest BCUT2D eigenvalue weighted by Crippen LogP contribution is 2.22. The van der Waals surface area contributed by atoms with E-state index >= 15 is 0 Å². The zero-order valence-corrected chi connectivity index (χ0v) is 11.5. The molecule has 0 saturated carbocycles. The second-order valence-electron chi connectivity index (χ2n) is 5.21. The van der Waals surface area contributed by atoms with E-state index in [-0.39, 0.29) is 0 Å². The van der Waals surface area contributed by atoms with E-state index in [4.69, 9.17) is 10.5 Å². The topological polar surface area (TPSA) is 38.5 Å². The summed E-state index contributed by atoms with van der Waals surface area (Å²) in [5.74, 6) is 0.433. The van der Waals surface area contributed by atoms with Crippen LogP contribution in [0.2, 0.25) is 0 Å². The first-order valence-corrected chi connectivity index (χ1v) is 6.78. The number of hydrogen-bond acceptors (Lipinski definition) is 3. The van der Waals surface area contributed by atoms with Crippen molar-refractivity contribution in [2.45, 2.75) is 19.8 Å². The molecule has 0 bridgehead atoms. The van der Waals surface area contributed by atoms with Crippen LogP contribution in [0.1, 0.15) is 22.6 Å². The molecule has 1 aliphatic heterocycles. The Balaban J connectivity index is 2.09. The summed E-state index contributed by atoms with van der Waals surface area (Å²) in [5, 5.41) is 0. The molecule has 0 spiro atoms. The summed E-state index contributed by atoms with van der Waals surface area (Å²) in [6, 6.07) is 6.65. The molecule has 100 valence electrons. The molecule has 2 N–H and O–H groups in total. The van der Waals surface area contributed by atoms with E-state index in [1.807, 2.05) is 0 Å². The molecule has 3 heteroatoms. The van der Waals surface area contributed by atoms with E-state index in [9.17, 15) is 0 Å². The molecule has 0 amide bonds. The molecule has 18 heavy (non-hydrogen) atoms. The molecule has 3 nitrogen and oxygen atoms in total. The van der Waals surface area contributed by atoms with E-state index in [1.54, 1.807) is 0 Å². The molecule has 0 aliphatic carbocycles. The Morgan fingerprint density at radius 2 is 2.00 bits per heavy atom. The SMILES string of the molecule is Cc1ccc(C)c(C(CN)CN2CCOCC2)c1. The number of nitrogens with zero attached hydrogens (tertiary/aromatic N) is 1. The Kier molecular flexibility index (Phi) is 4.75. The number of hydrogen-bond donors (Lipinski definition) is 1. The minimum absolute atomic E-state index is 0.433. The summed E-state index contributed by atoms with van der Waals surface area (Å²) in [6.45, 7) is 9.84. The van der Waals surface area contributed by atoms with Crippen LogP contribution >= 0.6 is 0 Å². The monoisotopic (exact) mass is 248 g/mol. The standard InChI is InChI=1S/C15H24N2O/c1-12-3-4-13(2)15(9-12)14(10-16)11-17-5-7-18-8-6-17/h3-4,9,14H,5-8,10-11,16H2,1-2H3. The van der Waals surface area contributed by atoms with Gasteiger partial charge in [0.15, 0.2) is 0 Å². The van der Waals surface area contributed by atoms with Crippen LogP contribution in [0, 0.1) is 13.8 Å². The van der Waals surface area contributed by atoms with Gasteiger partial charge in [0.05, 0.1) is 13.2 Å². The van der Waals surface area contributed by atoms with Crippen LogP contribution in [0.3, 0.4) is 0 Å². The van der Waals surface area contributed by atoms with Gasteiger partial charge >= 0.3 is 0 Å².